The molecule has 0 aliphatic carbocycles. The second-order valence-electron chi connectivity index (χ2n) is 7.89. The monoisotopic (exact) mass is 445 g/mol. The van der Waals surface area contributed by atoms with Crippen molar-refractivity contribution < 1.29 is 23.5 Å². The highest BCUT2D eigenvalue weighted by Crippen LogP contribution is 2.33. The number of anilines is 1. The van der Waals surface area contributed by atoms with E-state index in [9.17, 15) is 14.0 Å². The molecule has 2 aromatic carbocycles. The molecule has 2 aromatic rings. The fraction of sp³-hybridized carbons (Fsp3) is 0.364. The van der Waals surface area contributed by atoms with Gasteiger partial charge in [0.1, 0.15) is 5.82 Å². The standard InChI is InChI=1S/C22H21ClFN3O4/c23-16-10-15(2-3-17(16)24)27-21(28)11-18(22(27)29)26-7-5-25(6-8-26)12-14-1-4-19-20(9-14)31-13-30-19/h1-4,9-10,18H,5-8,11-13H2. The Morgan fingerprint density at radius 3 is 2.55 bits per heavy atom. The number of rotatable bonds is 4. The zero-order valence-corrected chi connectivity index (χ0v) is 17.5. The second kappa shape index (κ2) is 8.11. The first-order valence-corrected chi connectivity index (χ1v) is 10.5. The molecule has 0 N–H and O–H groups in total. The quantitative estimate of drug-likeness (QED) is 0.674. The Balaban J connectivity index is 1.21. The molecule has 0 radical (unpaired) electrons. The molecule has 0 saturated carbocycles. The number of benzene rings is 2. The van der Waals surface area contributed by atoms with Gasteiger partial charge in [-0.3, -0.25) is 19.4 Å². The Kier molecular flexibility index (Phi) is 5.29. The molecule has 3 aliphatic rings. The Morgan fingerprint density at radius 2 is 1.77 bits per heavy atom. The van der Waals surface area contributed by atoms with E-state index in [0.717, 1.165) is 41.6 Å². The molecule has 3 aliphatic heterocycles. The maximum Gasteiger partial charge on any atom is 0.251 e. The van der Waals surface area contributed by atoms with E-state index in [4.69, 9.17) is 21.1 Å². The minimum atomic E-state index is -0.584. The molecular formula is C22H21ClFN3O4. The van der Waals surface area contributed by atoms with Gasteiger partial charge < -0.3 is 9.47 Å². The molecule has 9 heteroatoms. The SMILES string of the molecule is O=C1CC(N2CCN(Cc3ccc4c(c3)OCO4)CC2)C(=O)N1c1ccc(F)c(Cl)c1. The van der Waals surface area contributed by atoms with E-state index in [1.54, 1.807) is 0 Å². The first-order valence-electron chi connectivity index (χ1n) is 10.2. The number of carbonyl (C=O) groups is 2. The second-order valence-corrected chi connectivity index (χ2v) is 8.29. The average Bonchev–Trinajstić information content (AvgIpc) is 3.34. The van der Waals surface area contributed by atoms with Crippen molar-refractivity contribution in [3.63, 3.8) is 0 Å². The maximum absolute atomic E-state index is 13.5. The number of imide groups is 1. The van der Waals surface area contributed by atoms with Crippen LogP contribution in [0.25, 0.3) is 0 Å². The van der Waals surface area contributed by atoms with Crippen LogP contribution in [0.4, 0.5) is 10.1 Å². The molecule has 7 nitrogen and oxygen atoms in total. The van der Waals surface area contributed by atoms with Crippen molar-refractivity contribution in [2.24, 2.45) is 0 Å². The lowest BCUT2D eigenvalue weighted by Gasteiger charge is -2.37. The summed E-state index contributed by atoms with van der Waals surface area (Å²) in [5.41, 5.74) is 1.45. The summed E-state index contributed by atoms with van der Waals surface area (Å²) in [6.07, 6.45) is 0.121. The highest BCUT2D eigenvalue weighted by atomic mass is 35.5. The highest BCUT2D eigenvalue weighted by Gasteiger charge is 2.43. The van der Waals surface area contributed by atoms with Crippen LogP contribution in [0.5, 0.6) is 11.5 Å². The Labute approximate surface area is 183 Å². The summed E-state index contributed by atoms with van der Waals surface area (Å²) in [6.45, 7) is 3.98. The van der Waals surface area contributed by atoms with Crippen LogP contribution in [0.15, 0.2) is 36.4 Å². The molecule has 162 valence electrons. The van der Waals surface area contributed by atoms with Gasteiger partial charge in [0.25, 0.3) is 5.91 Å². The third kappa shape index (κ3) is 3.86. The van der Waals surface area contributed by atoms with Crippen molar-refractivity contribution in [3.8, 4) is 11.5 Å². The zero-order chi connectivity index (χ0) is 21.5. The number of hydrogen-bond donors (Lipinski definition) is 0. The van der Waals surface area contributed by atoms with Crippen molar-refractivity contribution in [2.45, 2.75) is 19.0 Å². The fourth-order valence-electron chi connectivity index (χ4n) is 4.33. The number of fused-ring (bicyclic) bond motifs is 1. The Morgan fingerprint density at radius 1 is 1.00 bits per heavy atom. The van der Waals surface area contributed by atoms with E-state index in [1.807, 2.05) is 18.2 Å². The number of piperazine rings is 1. The van der Waals surface area contributed by atoms with Crippen LogP contribution in [0.2, 0.25) is 5.02 Å². The molecule has 3 heterocycles. The Hall–Kier alpha value is -2.68. The van der Waals surface area contributed by atoms with Gasteiger partial charge in [-0.25, -0.2) is 9.29 Å². The van der Waals surface area contributed by atoms with Crippen LogP contribution in [0.3, 0.4) is 0 Å². The molecule has 31 heavy (non-hydrogen) atoms. The van der Waals surface area contributed by atoms with E-state index >= 15 is 0 Å². The number of ether oxygens (including phenoxy) is 2. The van der Waals surface area contributed by atoms with E-state index in [1.165, 1.54) is 18.2 Å². The fourth-order valence-corrected chi connectivity index (χ4v) is 4.50. The predicted molar refractivity (Wildman–Crippen MR) is 112 cm³/mol. The zero-order valence-electron chi connectivity index (χ0n) is 16.7. The molecule has 1 atom stereocenters. The van der Waals surface area contributed by atoms with Crippen molar-refractivity contribution in [2.75, 3.05) is 37.9 Å². The van der Waals surface area contributed by atoms with E-state index in [2.05, 4.69) is 9.80 Å². The molecule has 5 rings (SSSR count). The Bertz CT molecular complexity index is 1040. The van der Waals surface area contributed by atoms with Crippen molar-refractivity contribution in [3.05, 3.63) is 52.8 Å². The third-order valence-corrected chi connectivity index (χ3v) is 6.26. The van der Waals surface area contributed by atoms with Crippen LogP contribution in [-0.4, -0.2) is 60.6 Å². The lowest BCUT2D eigenvalue weighted by Crippen LogP contribution is -2.52. The van der Waals surface area contributed by atoms with Gasteiger partial charge in [0, 0.05) is 32.7 Å². The smallest absolute Gasteiger partial charge is 0.251 e. The first-order chi connectivity index (χ1) is 15.0. The molecule has 2 saturated heterocycles. The summed E-state index contributed by atoms with van der Waals surface area (Å²) in [5.74, 6) is 0.383. The van der Waals surface area contributed by atoms with Gasteiger partial charge in [-0.1, -0.05) is 17.7 Å². The largest absolute Gasteiger partial charge is 0.454 e. The van der Waals surface area contributed by atoms with Gasteiger partial charge >= 0.3 is 0 Å². The lowest BCUT2D eigenvalue weighted by molar-refractivity contribution is -0.123. The van der Waals surface area contributed by atoms with E-state index in [0.29, 0.717) is 18.8 Å². The summed E-state index contributed by atoms with van der Waals surface area (Å²) in [5, 5.41) is -0.112. The highest BCUT2D eigenvalue weighted by molar-refractivity contribution is 6.31. The number of carbonyl (C=O) groups excluding carboxylic acids is 2. The third-order valence-electron chi connectivity index (χ3n) is 5.98. The molecule has 0 bridgehead atoms. The average molecular weight is 446 g/mol. The van der Waals surface area contributed by atoms with Gasteiger partial charge in [0.2, 0.25) is 12.7 Å². The van der Waals surface area contributed by atoms with Crippen LogP contribution >= 0.6 is 11.6 Å². The first kappa shape index (κ1) is 20.2. The number of halogens is 2. The normalized spacial score (nSPS) is 21.9. The van der Waals surface area contributed by atoms with Crippen molar-refractivity contribution in [1.82, 2.24) is 9.80 Å². The number of hydrogen-bond acceptors (Lipinski definition) is 6. The molecule has 2 fully saturated rings. The minimum Gasteiger partial charge on any atom is -0.454 e. The summed E-state index contributed by atoms with van der Waals surface area (Å²) in [6, 6.07) is 9.35. The summed E-state index contributed by atoms with van der Waals surface area (Å²) >= 11 is 5.83. The van der Waals surface area contributed by atoms with Gasteiger partial charge in [0.15, 0.2) is 11.5 Å². The summed E-state index contributed by atoms with van der Waals surface area (Å²) in [7, 11) is 0. The van der Waals surface area contributed by atoms with Crippen molar-refractivity contribution in [1.29, 1.82) is 0 Å². The van der Waals surface area contributed by atoms with E-state index in [-0.39, 0.29) is 30.1 Å². The minimum absolute atomic E-state index is 0.112. The summed E-state index contributed by atoms with van der Waals surface area (Å²) in [4.78, 5) is 31.0. The predicted octanol–water partition coefficient (Wildman–Crippen LogP) is 2.66. The van der Waals surface area contributed by atoms with Gasteiger partial charge in [-0.15, -0.1) is 0 Å². The number of amides is 2. The molecule has 1 unspecified atom stereocenters. The van der Waals surface area contributed by atoms with Gasteiger partial charge in [0.05, 0.1) is 23.2 Å². The molecular weight excluding hydrogens is 425 g/mol. The topological polar surface area (TPSA) is 62.3 Å². The van der Waals surface area contributed by atoms with Crippen LogP contribution in [0, 0.1) is 5.82 Å². The van der Waals surface area contributed by atoms with E-state index < -0.39 is 11.9 Å². The van der Waals surface area contributed by atoms with Crippen molar-refractivity contribution >= 4 is 29.1 Å². The van der Waals surface area contributed by atoms with Gasteiger partial charge in [-0.05, 0) is 35.9 Å². The van der Waals surface area contributed by atoms with Gasteiger partial charge in [-0.2, -0.15) is 0 Å². The van der Waals surface area contributed by atoms with Crippen LogP contribution < -0.4 is 14.4 Å². The van der Waals surface area contributed by atoms with Crippen LogP contribution in [0.1, 0.15) is 12.0 Å². The lowest BCUT2D eigenvalue weighted by atomic mass is 10.1. The maximum atomic E-state index is 13.5. The number of nitrogens with zero attached hydrogens (tertiary/aromatic N) is 3. The molecule has 2 amide bonds. The molecule has 0 aromatic heterocycles. The molecule has 0 spiro atoms. The van der Waals surface area contributed by atoms with Crippen LogP contribution in [-0.2, 0) is 16.1 Å². The summed E-state index contributed by atoms with van der Waals surface area (Å²) < 4.78 is 24.3.